The largest absolute Gasteiger partial charge is 0.472 e. The number of rotatable bonds is 36. The average Bonchev–Trinajstić information content (AvgIpc) is 4.01. The number of ether oxygens (including phenoxy) is 3. The molecule has 0 aromatic heterocycles. The van der Waals surface area contributed by atoms with Crippen LogP contribution in [0.15, 0.2) is 60.8 Å². The van der Waals surface area contributed by atoms with Crippen molar-refractivity contribution in [1.29, 1.82) is 0 Å². The molecule has 8 atom stereocenters. The first kappa shape index (κ1) is 55.6. The number of phosphoric acid groups is 1. The summed E-state index contributed by atoms with van der Waals surface area (Å²) in [5.74, 6) is -1.19. The van der Waals surface area contributed by atoms with E-state index in [-0.39, 0.29) is 25.0 Å². The Kier molecular flexibility index (Phi) is 30.5. The number of carbonyl (C=O) groups excluding carboxylic acids is 2. The predicted octanol–water partition coefficient (Wildman–Crippen LogP) is 7.93. The lowest BCUT2D eigenvalue weighted by Crippen LogP contribution is -2.64. The second-order valence-corrected chi connectivity index (χ2v) is 17.7. The van der Waals surface area contributed by atoms with Gasteiger partial charge >= 0.3 is 19.8 Å². The van der Waals surface area contributed by atoms with Crippen molar-refractivity contribution >= 4 is 19.8 Å². The van der Waals surface area contributed by atoms with E-state index in [0.29, 0.717) is 19.3 Å². The average molecular weight is 899 g/mol. The fourth-order valence-electron chi connectivity index (χ4n) is 6.89. The molecule has 1 saturated heterocycles. The van der Waals surface area contributed by atoms with Gasteiger partial charge in [0, 0.05) is 12.8 Å². The molecule has 0 aromatic rings. The number of hydrogen-bond acceptors (Lipinski definition) is 13. The van der Waals surface area contributed by atoms with Gasteiger partial charge in [-0.2, -0.15) is 0 Å². The summed E-state index contributed by atoms with van der Waals surface area (Å²) in [7, 11) is -5.14. The highest BCUT2D eigenvalue weighted by Crippen LogP contribution is 2.47. The summed E-state index contributed by atoms with van der Waals surface area (Å²) < 4.78 is 39.2. The molecule has 0 amide bonds. The molecular weight excluding hydrogens is 819 g/mol. The SMILES string of the molecule is CCC=CCC=CCC=CCC1OC1CC=CCCCC(=O)OC(COC(=O)CCCCCCCC=CCCCCCCCC)COP(=O)(O)OC1C(O)C(O)C(O)C(O)C1O. The van der Waals surface area contributed by atoms with Crippen molar-refractivity contribution in [2.45, 2.75) is 210 Å². The van der Waals surface area contributed by atoms with Gasteiger partial charge in [0.05, 0.1) is 18.8 Å². The fraction of sp³-hybridized carbons (Fsp3) is 0.745. The van der Waals surface area contributed by atoms with Crippen molar-refractivity contribution in [2.24, 2.45) is 0 Å². The van der Waals surface area contributed by atoms with Gasteiger partial charge in [-0.3, -0.25) is 18.6 Å². The van der Waals surface area contributed by atoms with Crippen LogP contribution >= 0.6 is 7.82 Å². The monoisotopic (exact) mass is 899 g/mol. The Morgan fingerprint density at radius 2 is 1.06 bits per heavy atom. The first-order valence-corrected chi connectivity index (χ1v) is 24.7. The standard InChI is InChI=1S/C47H79O14P/c1-3-5-7-9-11-13-14-15-16-17-18-20-22-24-29-33-40(48)57-35-37(36-58-62(55,56)61-47-45(53)43(51)42(50)44(52)46(47)54)59-41(49)34-30-26-25-28-32-39-38(60-39)31-27-23-21-19-12-10-8-6-4-2/h6,8,12,15-16,19,23,25,27-28,37-39,42-47,50-54H,3-5,7,9-11,13-14,17-18,20-22,24,26,29-36H2,1-2H3,(H,55,56). The number of epoxide rings is 1. The molecule has 2 fully saturated rings. The quantitative estimate of drug-likeness (QED) is 0.0116. The lowest BCUT2D eigenvalue weighted by Gasteiger charge is -2.41. The molecule has 356 valence electrons. The number of hydrogen-bond donors (Lipinski definition) is 6. The Morgan fingerprint density at radius 1 is 0.581 bits per heavy atom. The number of esters is 2. The Balaban J connectivity index is 1.75. The van der Waals surface area contributed by atoms with Crippen molar-refractivity contribution in [1.82, 2.24) is 0 Å². The lowest BCUT2D eigenvalue weighted by atomic mass is 9.85. The Bertz CT molecular complexity index is 1380. The van der Waals surface area contributed by atoms with Crippen molar-refractivity contribution < 1.29 is 67.8 Å². The highest BCUT2D eigenvalue weighted by Gasteiger charge is 2.51. The normalized spacial score (nSPS) is 25.7. The highest BCUT2D eigenvalue weighted by atomic mass is 31.2. The van der Waals surface area contributed by atoms with Crippen LogP contribution in [0.5, 0.6) is 0 Å². The van der Waals surface area contributed by atoms with Crippen LogP contribution in [0.3, 0.4) is 0 Å². The van der Waals surface area contributed by atoms with Crippen LogP contribution in [0.4, 0.5) is 0 Å². The minimum atomic E-state index is -5.14. The molecule has 0 spiro atoms. The molecule has 0 bridgehead atoms. The van der Waals surface area contributed by atoms with E-state index in [1.54, 1.807) is 0 Å². The minimum Gasteiger partial charge on any atom is -0.462 e. The topological polar surface area (TPSA) is 222 Å². The minimum absolute atomic E-state index is 0.00619. The second kappa shape index (κ2) is 33.9. The van der Waals surface area contributed by atoms with E-state index < -0.39 is 75.7 Å². The van der Waals surface area contributed by atoms with E-state index in [1.807, 2.05) is 12.2 Å². The third-order valence-corrected chi connectivity index (χ3v) is 11.7. The Hall–Kier alpha value is -2.49. The smallest absolute Gasteiger partial charge is 0.462 e. The molecule has 1 aliphatic carbocycles. The summed E-state index contributed by atoms with van der Waals surface area (Å²) in [5.41, 5.74) is 0. The summed E-state index contributed by atoms with van der Waals surface area (Å²) in [6.45, 7) is 3.10. The molecule has 0 aromatic carbocycles. The van der Waals surface area contributed by atoms with Gasteiger partial charge in [0.2, 0.25) is 0 Å². The van der Waals surface area contributed by atoms with Gasteiger partial charge in [-0.15, -0.1) is 0 Å². The molecule has 2 rings (SSSR count). The van der Waals surface area contributed by atoms with Crippen molar-refractivity contribution in [3.8, 4) is 0 Å². The molecule has 15 heteroatoms. The predicted molar refractivity (Wildman–Crippen MR) is 239 cm³/mol. The molecular formula is C47H79O14P. The summed E-state index contributed by atoms with van der Waals surface area (Å²) >= 11 is 0. The summed E-state index contributed by atoms with van der Waals surface area (Å²) in [5, 5.41) is 50.2. The van der Waals surface area contributed by atoms with Crippen molar-refractivity contribution in [3.05, 3.63) is 60.8 Å². The van der Waals surface area contributed by atoms with Gasteiger partial charge in [-0.25, -0.2) is 4.57 Å². The number of phosphoric ester groups is 1. The number of unbranched alkanes of at least 4 members (excludes halogenated alkanes) is 12. The van der Waals surface area contributed by atoms with Gasteiger partial charge in [-0.1, -0.05) is 126 Å². The summed E-state index contributed by atoms with van der Waals surface area (Å²) in [4.78, 5) is 35.7. The van der Waals surface area contributed by atoms with Crippen LogP contribution in [-0.4, -0.2) is 111 Å². The molecule has 0 radical (unpaired) electrons. The van der Waals surface area contributed by atoms with Gasteiger partial charge in [-0.05, 0) is 77.0 Å². The molecule has 8 unspecified atom stereocenters. The zero-order chi connectivity index (χ0) is 45.4. The van der Waals surface area contributed by atoms with Crippen LogP contribution in [0, 0.1) is 0 Å². The van der Waals surface area contributed by atoms with Crippen molar-refractivity contribution in [2.75, 3.05) is 13.2 Å². The molecule has 62 heavy (non-hydrogen) atoms. The molecule has 1 saturated carbocycles. The van der Waals surface area contributed by atoms with E-state index >= 15 is 0 Å². The zero-order valence-corrected chi connectivity index (χ0v) is 38.2. The van der Waals surface area contributed by atoms with E-state index in [1.165, 1.54) is 38.5 Å². The fourth-order valence-corrected chi connectivity index (χ4v) is 7.86. The van der Waals surface area contributed by atoms with E-state index in [2.05, 4.69) is 62.5 Å². The van der Waals surface area contributed by atoms with Crippen LogP contribution in [0.25, 0.3) is 0 Å². The Morgan fingerprint density at radius 3 is 1.68 bits per heavy atom. The molecule has 14 nitrogen and oxygen atoms in total. The van der Waals surface area contributed by atoms with Gasteiger partial charge in [0.15, 0.2) is 6.10 Å². The zero-order valence-electron chi connectivity index (χ0n) is 37.3. The van der Waals surface area contributed by atoms with Crippen LogP contribution in [0.2, 0.25) is 0 Å². The molecule has 6 N–H and O–H groups in total. The number of carbonyl (C=O) groups is 2. The van der Waals surface area contributed by atoms with Crippen LogP contribution in [-0.2, 0) is 37.4 Å². The first-order valence-electron chi connectivity index (χ1n) is 23.2. The van der Waals surface area contributed by atoms with Crippen molar-refractivity contribution in [3.63, 3.8) is 0 Å². The van der Waals surface area contributed by atoms with Gasteiger partial charge in [0.25, 0.3) is 0 Å². The number of allylic oxidation sites excluding steroid dienone is 8. The molecule has 1 aliphatic heterocycles. The molecule has 1 heterocycles. The molecule has 2 aliphatic rings. The number of aliphatic hydroxyl groups excluding tert-OH is 5. The first-order chi connectivity index (χ1) is 29.9. The highest BCUT2D eigenvalue weighted by molar-refractivity contribution is 7.47. The van der Waals surface area contributed by atoms with Gasteiger partial charge in [0.1, 0.15) is 43.2 Å². The number of aliphatic hydroxyl groups is 5. The third kappa shape index (κ3) is 25.7. The second-order valence-electron chi connectivity index (χ2n) is 16.3. The van der Waals surface area contributed by atoms with Crippen LogP contribution in [0.1, 0.15) is 155 Å². The summed E-state index contributed by atoms with van der Waals surface area (Å²) in [6.07, 6.45) is 28.7. The Labute approximate surface area is 370 Å². The third-order valence-electron chi connectivity index (χ3n) is 10.7. The van der Waals surface area contributed by atoms with E-state index in [0.717, 1.165) is 70.6 Å². The summed E-state index contributed by atoms with van der Waals surface area (Å²) in [6, 6.07) is 0. The van der Waals surface area contributed by atoms with Crippen LogP contribution < -0.4 is 0 Å². The maximum Gasteiger partial charge on any atom is 0.472 e. The lowest BCUT2D eigenvalue weighted by molar-refractivity contribution is -0.220. The van der Waals surface area contributed by atoms with E-state index in [9.17, 15) is 44.6 Å². The maximum atomic E-state index is 12.8. The maximum absolute atomic E-state index is 12.8. The van der Waals surface area contributed by atoms with Gasteiger partial charge < -0.3 is 44.6 Å². The van der Waals surface area contributed by atoms with E-state index in [4.69, 9.17) is 23.3 Å².